The highest BCUT2D eigenvalue weighted by molar-refractivity contribution is 5.96. The number of benzene rings is 1. The number of hydrogen-bond donors (Lipinski definition) is 2. The van der Waals surface area contributed by atoms with E-state index >= 15 is 0 Å². The average molecular weight is 289 g/mol. The first-order valence-corrected chi connectivity index (χ1v) is 6.26. The van der Waals surface area contributed by atoms with Crippen LogP contribution < -0.4 is 11.1 Å². The summed E-state index contributed by atoms with van der Waals surface area (Å²) < 4.78 is 13.0. The predicted molar refractivity (Wildman–Crippen MR) is 78.2 cm³/mol. The van der Waals surface area contributed by atoms with Crippen LogP contribution in [0.3, 0.4) is 0 Å². The van der Waals surface area contributed by atoms with Crippen LogP contribution in [0.25, 0.3) is 0 Å². The Morgan fingerprint density at radius 2 is 1.95 bits per heavy atom. The van der Waals surface area contributed by atoms with Crippen molar-refractivity contribution in [1.29, 1.82) is 0 Å². The molecule has 0 atom stereocenters. The van der Waals surface area contributed by atoms with Crippen molar-refractivity contribution in [3.05, 3.63) is 35.1 Å². The minimum atomic E-state index is -0.377. The third-order valence-corrected chi connectivity index (χ3v) is 3.56. The number of hydrogen-bond acceptors (Lipinski definition) is 2. The molecule has 0 aliphatic heterocycles. The first kappa shape index (κ1) is 17.9. The molecule has 1 amide bonds. The first-order valence-electron chi connectivity index (χ1n) is 6.26. The van der Waals surface area contributed by atoms with Crippen molar-refractivity contribution in [2.24, 2.45) is 5.73 Å². The molecular formula is C14H22ClFN2O. The molecule has 0 bridgehead atoms. The van der Waals surface area contributed by atoms with Crippen molar-refractivity contribution in [3.8, 4) is 0 Å². The Morgan fingerprint density at radius 1 is 1.37 bits per heavy atom. The molecule has 108 valence electrons. The Balaban J connectivity index is 0.00000324. The van der Waals surface area contributed by atoms with E-state index in [-0.39, 0.29) is 29.7 Å². The van der Waals surface area contributed by atoms with Crippen molar-refractivity contribution in [2.75, 3.05) is 6.54 Å². The van der Waals surface area contributed by atoms with Gasteiger partial charge in [-0.3, -0.25) is 4.79 Å². The van der Waals surface area contributed by atoms with Gasteiger partial charge < -0.3 is 11.1 Å². The standard InChI is InChI=1S/C14H21FN2O.ClH/c1-4-14(5-2,9-16)17-13(18)12-7-6-11(15)8-10(12)3;/h6-8H,4-5,9,16H2,1-3H3,(H,17,18);1H. The highest BCUT2D eigenvalue weighted by Gasteiger charge is 2.27. The van der Waals surface area contributed by atoms with Gasteiger partial charge in [0.1, 0.15) is 5.82 Å². The molecule has 0 aliphatic rings. The van der Waals surface area contributed by atoms with E-state index in [1.807, 2.05) is 13.8 Å². The van der Waals surface area contributed by atoms with Gasteiger partial charge in [0.2, 0.25) is 0 Å². The number of nitrogens with two attached hydrogens (primary N) is 1. The highest BCUT2D eigenvalue weighted by Crippen LogP contribution is 2.16. The summed E-state index contributed by atoms with van der Waals surface area (Å²) in [7, 11) is 0. The van der Waals surface area contributed by atoms with E-state index < -0.39 is 0 Å². The summed E-state index contributed by atoms with van der Waals surface area (Å²) in [5, 5.41) is 2.97. The Bertz CT molecular complexity index is 425. The molecule has 1 aromatic carbocycles. The van der Waals surface area contributed by atoms with Crippen LogP contribution in [0.5, 0.6) is 0 Å². The second-order valence-electron chi connectivity index (χ2n) is 4.60. The maximum absolute atomic E-state index is 13.0. The summed E-state index contributed by atoms with van der Waals surface area (Å²) >= 11 is 0. The van der Waals surface area contributed by atoms with Crippen molar-refractivity contribution in [3.63, 3.8) is 0 Å². The fourth-order valence-electron chi connectivity index (χ4n) is 1.96. The third kappa shape index (κ3) is 4.18. The lowest BCUT2D eigenvalue weighted by Crippen LogP contribution is -2.53. The van der Waals surface area contributed by atoms with E-state index in [1.165, 1.54) is 18.2 Å². The first-order chi connectivity index (χ1) is 8.48. The van der Waals surface area contributed by atoms with E-state index in [0.717, 1.165) is 12.8 Å². The van der Waals surface area contributed by atoms with Gasteiger partial charge in [0.05, 0.1) is 5.54 Å². The van der Waals surface area contributed by atoms with Crippen LogP contribution in [0, 0.1) is 12.7 Å². The number of carbonyl (C=O) groups excluding carboxylic acids is 1. The van der Waals surface area contributed by atoms with E-state index in [0.29, 0.717) is 17.7 Å². The minimum absolute atomic E-state index is 0. The fourth-order valence-corrected chi connectivity index (χ4v) is 1.96. The SMILES string of the molecule is CCC(CC)(CN)NC(=O)c1ccc(F)cc1C.Cl. The summed E-state index contributed by atoms with van der Waals surface area (Å²) in [6.07, 6.45) is 1.54. The summed E-state index contributed by atoms with van der Waals surface area (Å²) in [5.41, 5.74) is 6.49. The van der Waals surface area contributed by atoms with Crippen LogP contribution >= 0.6 is 12.4 Å². The molecule has 0 radical (unpaired) electrons. The van der Waals surface area contributed by atoms with E-state index in [4.69, 9.17) is 5.73 Å². The van der Waals surface area contributed by atoms with Gasteiger partial charge in [-0.1, -0.05) is 13.8 Å². The topological polar surface area (TPSA) is 55.1 Å². The largest absolute Gasteiger partial charge is 0.345 e. The summed E-state index contributed by atoms with van der Waals surface area (Å²) in [6.45, 7) is 6.11. The predicted octanol–water partition coefficient (Wildman–Crippen LogP) is 2.80. The minimum Gasteiger partial charge on any atom is -0.345 e. The van der Waals surface area contributed by atoms with Crippen LogP contribution in [0.15, 0.2) is 18.2 Å². The Labute approximate surface area is 120 Å². The molecule has 0 spiro atoms. The molecule has 1 rings (SSSR count). The van der Waals surface area contributed by atoms with E-state index in [2.05, 4.69) is 5.32 Å². The third-order valence-electron chi connectivity index (χ3n) is 3.56. The van der Waals surface area contributed by atoms with E-state index in [1.54, 1.807) is 6.92 Å². The second kappa shape index (κ2) is 7.46. The zero-order valence-electron chi connectivity index (χ0n) is 11.6. The number of aryl methyl sites for hydroxylation is 1. The number of rotatable bonds is 5. The summed E-state index contributed by atoms with van der Waals surface area (Å²) in [5.74, 6) is -0.526. The van der Waals surface area contributed by atoms with Gasteiger partial charge in [-0.05, 0) is 43.5 Å². The van der Waals surface area contributed by atoms with Crippen LogP contribution in [-0.2, 0) is 0 Å². The van der Waals surface area contributed by atoms with Gasteiger partial charge in [0.25, 0.3) is 5.91 Å². The second-order valence-corrected chi connectivity index (χ2v) is 4.60. The maximum Gasteiger partial charge on any atom is 0.252 e. The molecule has 0 heterocycles. The van der Waals surface area contributed by atoms with Gasteiger partial charge in [0, 0.05) is 12.1 Å². The lowest BCUT2D eigenvalue weighted by molar-refractivity contribution is 0.0894. The molecule has 0 saturated carbocycles. The molecule has 0 unspecified atom stereocenters. The van der Waals surface area contributed by atoms with Gasteiger partial charge in [-0.2, -0.15) is 0 Å². The quantitative estimate of drug-likeness (QED) is 0.875. The van der Waals surface area contributed by atoms with Crippen molar-refractivity contribution >= 4 is 18.3 Å². The molecule has 5 heteroatoms. The molecule has 0 saturated heterocycles. The van der Waals surface area contributed by atoms with Gasteiger partial charge in [-0.25, -0.2) is 4.39 Å². The van der Waals surface area contributed by atoms with Crippen LogP contribution in [0.1, 0.15) is 42.6 Å². The molecule has 1 aromatic rings. The molecule has 19 heavy (non-hydrogen) atoms. The van der Waals surface area contributed by atoms with Gasteiger partial charge in [-0.15, -0.1) is 12.4 Å². The number of nitrogens with one attached hydrogen (secondary N) is 1. The molecule has 0 aromatic heterocycles. The van der Waals surface area contributed by atoms with Crippen molar-refractivity contribution < 1.29 is 9.18 Å². The monoisotopic (exact) mass is 288 g/mol. The molecule has 0 aliphatic carbocycles. The number of amides is 1. The normalized spacial score (nSPS) is 10.8. The molecular weight excluding hydrogens is 267 g/mol. The lowest BCUT2D eigenvalue weighted by atomic mass is 9.92. The van der Waals surface area contributed by atoms with Crippen LogP contribution in [0.2, 0.25) is 0 Å². The Kier molecular flexibility index (Phi) is 7.01. The smallest absolute Gasteiger partial charge is 0.252 e. The Morgan fingerprint density at radius 3 is 2.37 bits per heavy atom. The zero-order chi connectivity index (χ0) is 13.8. The van der Waals surface area contributed by atoms with Crippen molar-refractivity contribution in [1.82, 2.24) is 5.32 Å². The summed E-state index contributed by atoms with van der Waals surface area (Å²) in [4.78, 5) is 12.2. The van der Waals surface area contributed by atoms with Crippen LogP contribution in [0.4, 0.5) is 4.39 Å². The van der Waals surface area contributed by atoms with Gasteiger partial charge in [0.15, 0.2) is 0 Å². The number of halogens is 2. The van der Waals surface area contributed by atoms with Crippen LogP contribution in [-0.4, -0.2) is 18.0 Å². The Hall–Kier alpha value is -1.13. The number of carbonyl (C=O) groups is 1. The molecule has 3 nitrogen and oxygen atoms in total. The fraction of sp³-hybridized carbons (Fsp3) is 0.500. The highest BCUT2D eigenvalue weighted by atomic mass is 35.5. The lowest BCUT2D eigenvalue weighted by Gasteiger charge is -2.31. The van der Waals surface area contributed by atoms with Gasteiger partial charge >= 0.3 is 0 Å². The molecule has 0 fully saturated rings. The zero-order valence-corrected chi connectivity index (χ0v) is 12.4. The van der Waals surface area contributed by atoms with E-state index in [9.17, 15) is 9.18 Å². The maximum atomic E-state index is 13.0. The van der Waals surface area contributed by atoms with Crippen molar-refractivity contribution in [2.45, 2.75) is 39.2 Å². The molecule has 3 N–H and O–H groups in total. The summed E-state index contributed by atoms with van der Waals surface area (Å²) in [6, 6.07) is 4.16. The average Bonchev–Trinajstić information content (AvgIpc) is 2.36.